The van der Waals surface area contributed by atoms with Crippen LogP contribution >= 0.6 is 0 Å². The van der Waals surface area contributed by atoms with Gasteiger partial charge in [0.15, 0.2) is 0 Å². The summed E-state index contributed by atoms with van der Waals surface area (Å²) >= 11 is 0. The molecule has 3 N–H and O–H groups in total. The molecule has 0 unspecified atom stereocenters. The maximum absolute atomic E-state index is 12.0. The highest BCUT2D eigenvalue weighted by atomic mass is 32.2. The fourth-order valence-corrected chi connectivity index (χ4v) is 3.63. The smallest absolute Gasteiger partial charge is 0.352 e. The zero-order valence-corrected chi connectivity index (χ0v) is 12.8. The average molecular weight is 315 g/mol. The first kappa shape index (κ1) is 16.0. The number of H-pyrrole nitrogens is 1. The molecule has 1 aliphatic rings. The van der Waals surface area contributed by atoms with Gasteiger partial charge in [-0.2, -0.15) is 0 Å². The van der Waals surface area contributed by atoms with E-state index in [1.54, 1.807) is 0 Å². The van der Waals surface area contributed by atoms with E-state index in [1.807, 2.05) is 7.05 Å². The normalized spacial score (nSPS) is 16.7. The quantitative estimate of drug-likeness (QED) is 0.693. The van der Waals surface area contributed by atoms with Crippen LogP contribution < -0.4 is 4.72 Å². The van der Waals surface area contributed by atoms with Gasteiger partial charge in [-0.05, 0) is 26.0 Å². The van der Waals surface area contributed by atoms with E-state index < -0.39 is 16.0 Å². The molecule has 118 valence electrons. The minimum atomic E-state index is -3.66. The lowest BCUT2D eigenvalue weighted by Crippen LogP contribution is -2.37. The number of hydrogen-bond donors (Lipinski definition) is 3. The number of rotatable bonds is 7. The maximum Gasteiger partial charge on any atom is 0.352 e. The largest absolute Gasteiger partial charge is 0.477 e. The highest BCUT2D eigenvalue weighted by Gasteiger charge is 2.21. The fourth-order valence-electron chi connectivity index (χ4n) is 2.62. The van der Waals surface area contributed by atoms with Gasteiger partial charge < -0.3 is 15.0 Å². The first-order valence-corrected chi connectivity index (χ1v) is 8.50. The summed E-state index contributed by atoms with van der Waals surface area (Å²) in [6, 6.07) is 1.66. The predicted molar refractivity (Wildman–Crippen MR) is 77.8 cm³/mol. The van der Waals surface area contributed by atoms with Crippen LogP contribution in [0.25, 0.3) is 0 Å². The molecule has 0 atom stereocenters. The van der Waals surface area contributed by atoms with Crippen molar-refractivity contribution >= 4 is 16.0 Å². The molecule has 0 radical (unpaired) electrons. The Labute approximate surface area is 124 Å². The number of sulfonamides is 1. The van der Waals surface area contributed by atoms with Crippen molar-refractivity contribution < 1.29 is 18.3 Å². The molecule has 1 aromatic rings. The van der Waals surface area contributed by atoms with Crippen LogP contribution in [0.2, 0.25) is 0 Å². The Balaban J connectivity index is 1.87. The van der Waals surface area contributed by atoms with Gasteiger partial charge in [0, 0.05) is 25.3 Å². The molecule has 7 nitrogen and oxygen atoms in total. The number of likely N-dealkylation sites (N-methyl/N-ethyl adjacent to an activating group) is 1. The van der Waals surface area contributed by atoms with E-state index in [4.69, 9.17) is 5.11 Å². The third-order valence-electron chi connectivity index (χ3n) is 3.90. The average Bonchev–Trinajstić information content (AvgIpc) is 3.10. The monoisotopic (exact) mass is 315 g/mol. The molecule has 1 aromatic heterocycles. The molecule has 21 heavy (non-hydrogen) atoms. The summed E-state index contributed by atoms with van der Waals surface area (Å²) in [4.78, 5) is 15.3. The molecule has 1 aliphatic carbocycles. The summed E-state index contributed by atoms with van der Waals surface area (Å²) in [5.41, 5.74) is -0.140. The van der Waals surface area contributed by atoms with Crippen LogP contribution in [-0.4, -0.2) is 55.6 Å². The van der Waals surface area contributed by atoms with Crippen LogP contribution in [-0.2, 0) is 10.0 Å². The molecule has 2 rings (SSSR count). The standard InChI is InChI=1S/C13H21N3O4S/c1-16(10-4-2-3-5-10)7-6-15-21(19,20)11-8-12(13(17)18)14-9-11/h8-10,14-15H,2-7H2,1H3,(H,17,18). The number of aromatic carboxylic acids is 1. The highest BCUT2D eigenvalue weighted by molar-refractivity contribution is 7.89. The number of nitrogens with one attached hydrogen (secondary N) is 2. The Hall–Kier alpha value is -1.38. The van der Waals surface area contributed by atoms with Crippen molar-refractivity contribution in [1.29, 1.82) is 0 Å². The van der Waals surface area contributed by atoms with Gasteiger partial charge in [0.1, 0.15) is 10.6 Å². The van der Waals surface area contributed by atoms with Crippen LogP contribution in [0.4, 0.5) is 0 Å². The summed E-state index contributed by atoms with van der Waals surface area (Å²) in [5.74, 6) is -1.18. The van der Waals surface area contributed by atoms with E-state index in [0.717, 1.165) is 6.07 Å². The van der Waals surface area contributed by atoms with Crippen LogP contribution in [0, 0.1) is 0 Å². The van der Waals surface area contributed by atoms with Crippen LogP contribution in [0.5, 0.6) is 0 Å². The Morgan fingerprint density at radius 2 is 2.14 bits per heavy atom. The molecular formula is C13H21N3O4S. The Morgan fingerprint density at radius 3 is 2.71 bits per heavy atom. The van der Waals surface area contributed by atoms with Gasteiger partial charge in [0.05, 0.1) is 0 Å². The molecule has 8 heteroatoms. The van der Waals surface area contributed by atoms with E-state index >= 15 is 0 Å². The van der Waals surface area contributed by atoms with Crippen molar-refractivity contribution in [2.24, 2.45) is 0 Å². The number of carboxylic acids is 1. The van der Waals surface area contributed by atoms with Gasteiger partial charge in [-0.25, -0.2) is 17.9 Å². The van der Waals surface area contributed by atoms with Crippen molar-refractivity contribution in [3.05, 3.63) is 18.0 Å². The minimum absolute atomic E-state index is 0.0524. The topological polar surface area (TPSA) is 103 Å². The summed E-state index contributed by atoms with van der Waals surface area (Å²) in [5, 5.41) is 8.78. The molecule has 0 spiro atoms. The van der Waals surface area contributed by atoms with Crippen molar-refractivity contribution in [2.45, 2.75) is 36.6 Å². The molecule has 1 heterocycles. The van der Waals surface area contributed by atoms with E-state index in [9.17, 15) is 13.2 Å². The number of aromatic amines is 1. The van der Waals surface area contributed by atoms with Gasteiger partial charge in [-0.1, -0.05) is 12.8 Å². The second kappa shape index (κ2) is 6.59. The lowest BCUT2D eigenvalue weighted by atomic mass is 10.2. The molecule has 0 saturated heterocycles. The van der Waals surface area contributed by atoms with E-state index in [1.165, 1.54) is 31.9 Å². The molecule has 0 bridgehead atoms. The van der Waals surface area contributed by atoms with Crippen LogP contribution in [0.3, 0.4) is 0 Å². The molecule has 0 aromatic carbocycles. The fraction of sp³-hybridized carbons (Fsp3) is 0.615. The van der Waals surface area contributed by atoms with E-state index in [0.29, 0.717) is 19.1 Å². The maximum atomic E-state index is 12.0. The van der Waals surface area contributed by atoms with Crippen molar-refractivity contribution in [2.75, 3.05) is 20.1 Å². The van der Waals surface area contributed by atoms with E-state index in [-0.39, 0.29) is 10.6 Å². The lowest BCUT2D eigenvalue weighted by molar-refractivity contribution is 0.0691. The van der Waals surface area contributed by atoms with Gasteiger partial charge >= 0.3 is 5.97 Å². The number of carbonyl (C=O) groups is 1. The van der Waals surface area contributed by atoms with Gasteiger partial charge in [0.2, 0.25) is 10.0 Å². The number of aromatic nitrogens is 1. The van der Waals surface area contributed by atoms with Crippen molar-refractivity contribution in [1.82, 2.24) is 14.6 Å². The van der Waals surface area contributed by atoms with Crippen molar-refractivity contribution in [3.8, 4) is 0 Å². The number of nitrogens with zero attached hydrogens (tertiary/aromatic N) is 1. The second-order valence-corrected chi connectivity index (χ2v) is 7.14. The summed E-state index contributed by atoms with van der Waals surface area (Å²) < 4.78 is 26.6. The predicted octanol–water partition coefficient (Wildman–Crippen LogP) is 0.866. The molecule has 1 fully saturated rings. The molecule has 0 amide bonds. The highest BCUT2D eigenvalue weighted by Crippen LogP contribution is 2.21. The SMILES string of the molecule is CN(CCNS(=O)(=O)c1c[nH]c(C(=O)O)c1)C1CCCC1. The first-order valence-electron chi connectivity index (χ1n) is 7.02. The summed E-state index contributed by atoms with van der Waals surface area (Å²) in [7, 11) is -1.66. The molecular weight excluding hydrogens is 294 g/mol. The van der Waals surface area contributed by atoms with Gasteiger partial charge in [0.25, 0.3) is 0 Å². The third kappa shape index (κ3) is 4.05. The van der Waals surface area contributed by atoms with Crippen LogP contribution in [0.1, 0.15) is 36.2 Å². The number of carboxylic acid groups (broad SMARTS) is 1. The molecule has 0 aliphatic heterocycles. The first-order chi connectivity index (χ1) is 9.90. The van der Waals surface area contributed by atoms with Crippen LogP contribution in [0.15, 0.2) is 17.2 Å². The van der Waals surface area contributed by atoms with Gasteiger partial charge in [-0.15, -0.1) is 0 Å². The van der Waals surface area contributed by atoms with Crippen molar-refractivity contribution in [3.63, 3.8) is 0 Å². The minimum Gasteiger partial charge on any atom is -0.477 e. The summed E-state index contributed by atoms with van der Waals surface area (Å²) in [6.45, 7) is 0.947. The molecule has 1 saturated carbocycles. The lowest BCUT2D eigenvalue weighted by Gasteiger charge is -2.23. The number of hydrogen-bond acceptors (Lipinski definition) is 4. The van der Waals surface area contributed by atoms with Gasteiger partial charge in [-0.3, -0.25) is 0 Å². The Morgan fingerprint density at radius 1 is 1.48 bits per heavy atom. The zero-order chi connectivity index (χ0) is 15.5. The Kier molecular flexibility index (Phi) is 5.02. The Bertz CT molecular complexity index is 590. The third-order valence-corrected chi connectivity index (χ3v) is 5.34. The zero-order valence-electron chi connectivity index (χ0n) is 12.0. The second-order valence-electron chi connectivity index (χ2n) is 5.37. The van der Waals surface area contributed by atoms with E-state index in [2.05, 4.69) is 14.6 Å². The summed E-state index contributed by atoms with van der Waals surface area (Å²) in [6.07, 6.45) is 6.00.